The summed E-state index contributed by atoms with van der Waals surface area (Å²) in [5.41, 5.74) is 10.8. The van der Waals surface area contributed by atoms with Gasteiger partial charge in [-0.3, -0.25) is 19.4 Å². The summed E-state index contributed by atoms with van der Waals surface area (Å²) >= 11 is 5.37. The van der Waals surface area contributed by atoms with Crippen molar-refractivity contribution in [3.63, 3.8) is 0 Å². The second-order valence-corrected chi connectivity index (χ2v) is 16.0. The van der Waals surface area contributed by atoms with Crippen LogP contribution in [0, 0.1) is 25.2 Å². The molecule has 7 rings (SSSR count). The van der Waals surface area contributed by atoms with Crippen molar-refractivity contribution in [1.29, 1.82) is 5.26 Å². The molecule has 1 fully saturated rings. The van der Waals surface area contributed by atoms with Gasteiger partial charge in [0, 0.05) is 60.0 Å². The number of benzene rings is 3. The van der Waals surface area contributed by atoms with E-state index in [-0.39, 0.29) is 42.7 Å². The molecule has 60 heavy (non-hydrogen) atoms. The van der Waals surface area contributed by atoms with Crippen molar-refractivity contribution in [2.75, 3.05) is 47.8 Å². The molecule has 2 bridgehead atoms. The smallest absolute Gasteiger partial charge is 0.313 e. The number of esters is 2. The lowest BCUT2D eigenvalue weighted by atomic mass is 9.70. The number of likely N-dealkylation sites (N-methyl/N-ethyl adjacent to an activating group) is 1. The fourth-order valence-corrected chi connectivity index (χ4v) is 10.2. The lowest BCUT2D eigenvalue weighted by Gasteiger charge is -2.62. The number of ether oxygens (including phenoxy) is 6. The Bertz CT molecular complexity index is 2160. The van der Waals surface area contributed by atoms with Crippen LogP contribution in [-0.4, -0.2) is 91.8 Å². The van der Waals surface area contributed by atoms with Crippen molar-refractivity contribution >= 4 is 24.6 Å². The van der Waals surface area contributed by atoms with Gasteiger partial charge in [0.25, 0.3) is 0 Å². The van der Waals surface area contributed by atoms with E-state index in [0.717, 1.165) is 22.3 Å². The topological polar surface area (TPSA) is 186 Å². The maximum atomic E-state index is 14.4. The Hall–Kier alpha value is -4.88. The van der Waals surface area contributed by atoms with Gasteiger partial charge in [0.1, 0.15) is 12.4 Å². The fraction of sp³-hybridized carbons (Fsp3) is 0.533. The molecule has 0 spiro atoms. The third-order valence-electron chi connectivity index (χ3n) is 12.1. The van der Waals surface area contributed by atoms with Gasteiger partial charge in [0.05, 0.1) is 37.8 Å². The number of hydrogen-bond acceptors (Lipinski definition) is 15. The van der Waals surface area contributed by atoms with Crippen LogP contribution in [0.3, 0.4) is 0 Å². The molecule has 14 nitrogen and oxygen atoms in total. The number of nitriles is 1. The molecular formula is C45H60N4O10S. The molecule has 4 heterocycles. The lowest BCUT2D eigenvalue weighted by Crippen LogP contribution is -2.69. The standard InChI is InChI=1S/C41H51N3O10S.C2H3N.C2H6/c1-9-25(26-15-28(49-7)27(46)14-22(26)10-11-42)40(48)51-17-41(5)31-30(36(54-21(4)45)20(3)37-38(31)53-18-52-37)39(55)33-32-29-23(12-19(2)35(50-8)34(29)47)13-24(43(32)6)16-44(33)41;1-2-3;1-2/h12,14-15,24-25,32-33,39,46-47,55H,9-11,13,16-18,42H2,1-8H3;1H3;1-2H3/t24-,25-,32+,33?,39?,41-;;/m0../s1. The van der Waals surface area contributed by atoms with Crippen LogP contribution in [0.2, 0.25) is 0 Å². The van der Waals surface area contributed by atoms with Gasteiger partial charge in [0.15, 0.2) is 34.5 Å². The van der Waals surface area contributed by atoms with E-state index in [1.54, 1.807) is 25.3 Å². The van der Waals surface area contributed by atoms with Crippen LogP contribution in [-0.2, 0) is 32.7 Å². The Morgan fingerprint density at radius 1 is 1.10 bits per heavy atom. The summed E-state index contributed by atoms with van der Waals surface area (Å²) in [6, 6.07) is 6.34. The van der Waals surface area contributed by atoms with Crippen molar-refractivity contribution < 1.29 is 48.2 Å². The maximum Gasteiger partial charge on any atom is 0.313 e. The van der Waals surface area contributed by atoms with Crippen molar-refractivity contribution in [2.45, 2.75) is 109 Å². The normalized spacial score (nSPS) is 22.5. The fourth-order valence-electron chi connectivity index (χ4n) is 9.61. The first-order valence-electron chi connectivity index (χ1n) is 20.4. The number of nitrogens with zero attached hydrogens (tertiary/aromatic N) is 3. The van der Waals surface area contributed by atoms with Gasteiger partial charge in [-0.2, -0.15) is 17.9 Å². The summed E-state index contributed by atoms with van der Waals surface area (Å²) in [5.74, 6) is 0.321. The lowest BCUT2D eigenvalue weighted by molar-refractivity contribution is -0.156. The number of thiol groups is 1. The second-order valence-electron chi connectivity index (χ2n) is 15.4. The summed E-state index contributed by atoms with van der Waals surface area (Å²) in [4.78, 5) is 31.8. The molecule has 0 amide bonds. The summed E-state index contributed by atoms with van der Waals surface area (Å²) in [7, 11) is 5.07. The first-order valence-corrected chi connectivity index (χ1v) is 20.9. The van der Waals surface area contributed by atoms with Gasteiger partial charge in [0.2, 0.25) is 6.79 Å². The Kier molecular flexibility index (Phi) is 14.5. The molecule has 15 heteroatoms. The average molecular weight is 849 g/mol. The number of nitrogens with two attached hydrogens (primary N) is 1. The summed E-state index contributed by atoms with van der Waals surface area (Å²) in [6.07, 6.45) is 1.52. The molecule has 3 aromatic carbocycles. The summed E-state index contributed by atoms with van der Waals surface area (Å²) in [6.45, 7) is 15.2. The van der Waals surface area contributed by atoms with Crippen LogP contribution in [0.15, 0.2) is 18.2 Å². The Labute approximate surface area is 358 Å². The predicted molar refractivity (Wildman–Crippen MR) is 230 cm³/mol. The van der Waals surface area contributed by atoms with Crippen molar-refractivity contribution in [3.05, 3.63) is 62.7 Å². The molecule has 0 saturated carbocycles. The van der Waals surface area contributed by atoms with Gasteiger partial charge >= 0.3 is 11.9 Å². The zero-order valence-corrected chi connectivity index (χ0v) is 37.5. The summed E-state index contributed by atoms with van der Waals surface area (Å²) in [5, 5.41) is 29.2. The third-order valence-corrected chi connectivity index (χ3v) is 12.7. The van der Waals surface area contributed by atoms with E-state index < -0.39 is 34.7 Å². The molecule has 6 atom stereocenters. The largest absolute Gasteiger partial charge is 0.504 e. The zero-order chi connectivity index (χ0) is 44.4. The Morgan fingerprint density at radius 3 is 2.37 bits per heavy atom. The number of fused-ring (bicyclic) bond motifs is 9. The Morgan fingerprint density at radius 2 is 1.77 bits per heavy atom. The molecule has 326 valence electrons. The average Bonchev–Trinajstić information content (AvgIpc) is 3.70. The molecular weight excluding hydrogens is 789 g/mol. The monoisotopic (exact) mass is 848 g/mol. The molecule has 0 aromatic heterocycles. The van der Waals surface area contributed by atoms with Crippen molar-refractivity contribution in [2.24, 2.45) is 5.73 Å². The number of rotatable bonds is 10. The molecule has 4 aliphatic rings. The van der Waals surface area contributed by atoms with E-state index in [1.165, 1.54) is 21.0 Å². The number of carbonyl (C=O) groups is 2. The number of methoxy groups -OCH3 is 2. The molecule has 4 aliphatic heterocycles. The van der Waals surface area contributed by atoms with Crippen LogP contribution < -0.4 is 29.4 Å². The Balaban J connectivity index is 0.00000131. The molecule has 3 aromatic rings. The van der Waals surface area contributed by atoms with Crippen molar-refractivity contribution in [3.8, 4) is 46.3 Å². The van der Waals surface area contributed by atoms with E-state index in [2.05, 4.69) is 22.9 Å². The van der Waals surface area contributed by atoms with E-state index in [0.29, 0.717) is 77.6 Å². The van der Waals surface area contributed by atoms with E-state index >= 15 is 0 Å². The first kappa shape index (κ1) is 46.2. The SMILES string of the molecule is CC.CC#N.CC[C@H](C(=O)OC[C@@]1(C)c2c3c(c(C)c(OC(C)=O)c2C(S)C2[C@H]4c5c(cc(C)c(OC)c5O)C[C@@H](CN21)N4C)OCO3)c1cc(OC)c(O)cc1CCN. The number of aryl methyl sites for hydroxylation is 1. The van der Waals surface area contributed by atoms with Gasteiger partial charge in [-0.15, -0.1) is 0 Å². The van der Waals surface area contributed by atoms with E-state index in [4.69, 9.17) is 52.0 Å². The number of piperazine rings is 1. The van der Waals surface area contributed by atoms with Gasteiger partial charge in [-0.25, -0.2) is 0 Å². The number of hydrogen-bond donors (Lipinski definition) is 4. The zero-order valence-electron chi connectivity index (χ0n) is 36.6. The van der Waals surface area contributed by atoms with Crippen LogP contribution in [0.25, 0.3) is 0 Å². The minimum absolute atomic E-state index is 0.0216. The van der Waals surface area contributed by atoms with Gasteiger partial charge < -0.3 is 44.4 Å². The van der Waals surface area contributed by atoms with Gasteiger partial charge in [-0.1, -0.05) is 26.8 Å². The number of phenols is 2. The minimum Gasteiger partial charge on any atom is -0.504 e. The number of carbonyl (C=O) groups excluding carboxylic acids is 2. The number of phenolic OH excluding ortho intramolecular Hbond substituents is 2. The van der Waals surface area contributed by atoms with Crippen LogP contribution in [0.5, 0.6) is 40.2 Å². The highest BCUT2D eigenvalue weighted by atomic mass is 32.1. The second kappa shape index (κ2) is 18.8. The molecule has 2 unspecified atom stereocenters. The molecule has 0 aliphatic carbocycles. The third kappa shape index (κ3) is 7.79. The molecule has 1 saturated heterocycles. The van der Waals surface area contributed by atoms with Crippen LogP contribution in [0.1, 0.15) is 110 Å². The molecule has 0 radical (unpaired) electrons. The van der Waals surface area contributed by atoms with E-state index in [1.807, 2.05) is 41.5 Å². The molecule has 4 N–H and O–H groups in total. The van der Waals surface area contributed by atoms with Crippen molar-refractivity contribution in [1.82, 2.24) is 9.80 Å². The predicted octanol–water partition coefficient (Wildman–Crippen LogP) is 6.66. The van der Waals surface area contributed by atoms with Crippen LogP contribution in [0.4, 0.5) is 0 Å². The maximum absolute atomic E-state index is 14.4. The highest BCUT2D eigenvalue weighted by Crippen LogP contribution is 2.63. The summed E-state index contributed by atoms with van der Waals surface area (Å²) < 4.78 is 35.9. The highest BCUT2D eigenvalue weighted by Gasteiger charge is 2.60. The van der Waals surface area contributed by atoms with E-state index in [9.17, 15) is 19.8 Å². The van der Waals surface area contributed by atoms with Gasteiger partial charge in [-0.05, 0) is 88.0 Å². The first-order chi connectivity index (χ1) is 28.6. The number of aromatic hydroxyl groups is 2. The highest BCUT2D eigenvalue weighted by molar-refractivity contribution is 7.80. The van der Waals surface area contributed by atoms with Crippen LogP contribution >= 0.6 is 12.6 Å². The minimum atomic E-state index is -1.07. The quantitative estimate of drug-likeness (QED) is 0.0964.